The van der Waals surface area contributed by atoms with Crippen LogP contribution in [0.1, 0.15) is 92.2 Å². The van der Waals surface area contributed by atoms with E-state index in [1.165, 1.54) is 22.3 Å². The Balaban J connectivity index is 0.00000240. The van der Waals surface area contributed by atoms with Gasteiger partial charge in [0.05, 0.1) is 0 Å². The molecule has 0 amide bonds. The van der Waals surface area contributed by atoms with Gasteiger partial charge in [-0.25, -0.2) is 0 Å². The molecule has 53 heavy (non-hydrogen) atoms. The van der Waals surface area contributed by atoms with Gasteiger partial charge in [0.15, 0.2) is 0 Å². The molecule has 2 aromatic carbocycles. The third-order valence-corrected chi connectivity index (χ3v) is 28.2. The summed E-state index contributed by atoms with van der Waals surface area (Å²) in [5.41, 5.74) is 10.4. The van der Waals surface area contributed by atoms with Gasteiger partial charge in [0.1, 0.15) is 0 Å². The van der Waals surface area contributed by atoms with Crippen LogP contribution in [0.15, 0.2) is 126 Å². The molecular weight excluding hydrogens is 779 g/mol. The summed E-state index contributed by atoms with van der Waals surface area (Å²) in [6, 6.07) is 18.3. The minimum absolute atomic E-state index is 0. The third kappa shape index (κ3) is 4.57. The van der Waals surface area contributed by atoms with Crippen molar-refractivity contribution in [2.75, 3.05) is 0 Å². The molecule has 0 heterocycles. The molecule has 0 saturated heterocycles. The Bertz CT molecular complexity index is 2020. The van der Waals surface area contributed by atoms with Crippen molar-refractivity contribution in [3.8, 4) is 11.1 Å². The minimum Gasteiger partial charge on any atom is -1.00 e. The van der Waals surface area contributed by atoms with Crippen LogP contribution in [0.2, 0.25) is 16.7 Å². The molecule has 0 nitrogen and oxygen atoms in total. The first-order valence-electron chi connectivity index (χ1n) is 19.9. The van der Waals surface area contributed by atoms with Crippen molar-refractivity contribution in [3.63, 3.8) is 0 Å². The van der Waals surface area contributed by atoms with Crippen LogP contribution in [0.25, 0.3) is 17.2 Å². The maximum Gasteiger partial charge on any atom is -1.00 e. The Morgan fingerprint density at radius 2 is 1.40 bits per heavy atom. The summed E-state index contributed by atoms with van der Waals surface area (Å²) in [5, 5.41) is 0. The van der Waals surface area contributed by atoms with Gasteiger partial charge in [0.25, 0.3) is 0 Å². The number of fused-ring (bicyclic) bond motifs is 9. The predicted molar refractivity (Wildman–Crippen MR) is 219 cm³/mol. The van der Waals surface area contributed by atoms with E-state index in [9.17, 15) is 0 Å². The molecule has 8 rings (SSSR count). The zero-order chi connectivity index (χ0) is 36.4. The molecule has 2 aromatic rings. The molecule has 2 saturated carbocycles. The molecule has 10 atom stereocenters. The van der Waals surface area contributed by atoms with Gasteiger partial charge in [0, 0.05) is 0 Å². The Kier molecular flexibility index (Phi) is 10.4. The van der Waals surface area contributed by atoms with E-state index in [4.69, 9.17) is 0 Å². The smallest absolute Gasteiger partial charge is 1.00 e. The predicted octanol–water partition coefficient (Wildman–Crippen LogP) is 7.32. The van der Waals surface area contributed by atoms with Crippen LogP contribution >= 0.6 is 0 Å². The van der Waals surface area contributed by atoms with E-state index in [-0.39, 0.29) is 62.7 Å². The summed E-state index contributed by atoms with van der Waals surface area (Å²) in [6.07, 6.45) is 30.7. The first-order valence-corrected chi connectivity index (χ1v) is 28.5. The number of hydrogen-bond acceptors (Lipinski definition) is 0. The summed E-state index contributed by atoms with van der Waals surface area (Å²) >= 11 is -0.758. The molecule has 0 radical (unpaired) electrons. The molecule has 4 heteroatoms. The van der Waals surface area contributed by atoms with Crippen molar-refractivity contribution < 1.29 is 47.2 Å². The molecule has 0 aromatic heterocycles. The summed E-state index contributed by atoms with van der Waals surface area (Å²) in [4.78, 5) is 0. The average Bonchev–Trinajstić information content (AvgIpc) is 3.54. The van der Waals surface area contributed by atoms with Crippen LogP contribution in [-0.2, 0) is 22.4 Å². The molecule has 6 aliphatic rings. The van der Waals surface area contributed by atoms with Crippen LogP contribution in [0.5, 0.6) is 0 Å². The second-order valence-electron chi connectivity index (χ2n) is 18.6. The molecule has 0 N–H and O–H groups in total. The van der Waals surface area contributed by atoms with E-state index in [0.717, 1.165) is 16.5 Å². The van der Waals surface area contributed by atoms with Gasteiger partial charge in [0.2, 0.25) is 0 Å². The maximum absolute atomic E-state index is 2.88. The summed E-state index contributed by atoms with van der Waals surface area (Å²) in [6.45, 7) is 29.6. The van der Waals surface area contributed by atoms with Crippen molar-refractivity contribution in [2.45, 2.75) is 97.8 Å². The van der Waals surface area contributed by atoms with Crippen LogP contribution in [0.3, 0.4) is 0 Å². The number of allylic oxidation sites excluding steroid dienone is 13. The fraction of sp³-hybridized carbons (Fsp3) is 0.469. The topological polar surface area (TPSA) is 0 Å². The van der Waals surface area contributed by atoms with E-state index >= 15 is 0 Å². The maximum atomic E-state index is 2.88. The van der Waals surface area contributed by atoms with Gasteiger partial charge < -0.3 is 24.8 Å². The molecule has 0 bridgehead atoms. The summed E-state index contributed by atoms with van der Waals surface area (Å²) in [5.74, 6) is 0.0780. The zero-order valence-electron chi connectivity index (χ0n) is 33.9. The van der Waals surface area contributed by atoms with Gasteiger partial charge in [-0.3, -0.25) is 0 Å². The van der Waals surface area contributed by atoms with Crippen molar-refractivity contribution in [2.24, 2.45) is 43.8 Å². The third-order valence-electron chi connectivity index (χ3n) is 17.3. The molecule has 6 aliphatic carbocycles. The van der Waals surface area contributed by atoms with Crippen LogP contribution in [-0.4, -0.2) is 5.92 Å². The Labute approximate surface area is 346 Å². The minimum atomic E-state index is -0.794. The quantitative estimate of drug-likeness (QED) is 0.268. The number of halogens is 2. The second kappa shape index (κ2) is 13.5. The Morgan fingerprint density at radius 1 is 0.736 bits per heavy atom. The average molecular weight is 839 g/mol. The van der Waals surface area contributed by atoms with Gasteiger partial charge in [-0.2, -0.15) is 0 Å². The molecule has 2 fully saturated rings. The standard InChI is InChI=1S/C47H53.C2H7Si.2ClH.Zr/c1-10-19-34-30-38-36(33-21-12-11-13-22-33)24-17-25-37(38)40(34)39-26-18-29-42(4)41(3)27-14-15-28-43(41,5)47(9)44(6,46(39,42)8)31-35-23-16-20-32(2)45(35,47)7;1-3-2;;;/h11-18,20-31,35,40H,10,19H2,1-9H3;3H,1-2H3;2*1H;/q;;;;+2/p-2. The largest absolute Gasteiger partial charge is 1.00 e. The van der Waals surface area contributed by atoms with Gasteiger partial charge in [-0.1, -0.05) is 0 Å². The van der Waals surface area contributed by atoms with Gasteiger partial charge >= 0.3 is 324 Å². The monoisotopic (exact) mass is 836 g/mol. The molecular formula is C49H60Cl2SiZr. The van der Waals surface area contributed by atoms with E-state index in [1.54, 1.807) is 16.7 Å². The SMILES string of the molecule is CCCC1=Cc2c(-c3ccccc3)cccc2C1C1=CC=CC2(C)C3(C)C=CC=CC3(C)C3(C)C4(C)C(C)=CC=CC4[CH]([Zr+2][SiH](C)C)C3(C)C12C.[Cl-].[Cl-]. The van der Waals surface area contributed by atoms with E-state index in [2.05, 4.69) is 191 Å². The molecule has 0 spiro atoms. The van der Waals surface area contributed by atoms with Gasteiger partial charge in [-0.05, 0) is 0 Å². The van der Waals surface area contributed by atoms with Crippen LogP contribution < -0.4 is 24.8 Å². The van der Waals surface area contributed by atoms with E-state index in [0.29, 0.717) is 11.8 Å². The van der Waals surface area contributed by atoms with Crippen molar-refractivity contribution >= 4 is 12.0 Å². The Hall–Kier alpha value is -1.70. The van der Waals surface area contributed by atoms with E-state index in [1.807, 2.05) is 0 Å². The van der Waals surface area contributed by atoms with Crippen molar-refractivity contribution in [1.29, 1.82) is 0 Å². The van der Waals surface area contributed by atoms with E-state index < -0.39 is 28.3 Å². The van der Waals surface area contributed by atoms with Crippen LogP contribution in [0.4, 0.5) is 0 Å². The fourth-order valence-electron chi connectivity index (χ4n) is 14.2. The first kappa shape index (κ1) is 40.9. The second-order valence-corrected chi connectivity index (χ2v) is 33.7. The zero-order valence-corrected chi connectivity index (χ0v) is 39.1. The Morgan fingerprint density at radius 3 is 2.06 bits per heavy atom. The molecule has 10 unspecified atom stereocenters. The van der Waals surface area contributed by atoms with Crippen LogP contribution in [0, 0.1) is 43.8 Å². The summed E-state index contributed by atoms with van der Waals surface area (Å²) in [7, 11) is 0. The normalized spacial score (nSPS) is 41.1. The molecule has 278 valence electrons. The van der Waals surface area contributed by atoms with Crippen molar-refractivity contribution in [1.82, 2.24) is 0 Å². The fourth-order valence-corrected chi connectivity index (χ4v) is 27.2. The van der Waals surface area contributed by atoms with Gasteiger partial charge in [-0.15, -0.1) is 0 Å². The number of hydrogen-bond donors (Lipinski definition) is 0. The summed E-state index contributed by atoms with van der Waals surface area (Å²) < 4.78 is 0.748. The molecule has 0 aliphatic heterocycles. The number of benzene rings is 2. The van der Waals surface area contributed by atoms with Crippen molar-refractivity contribution in [3.05, 3.63) is 137 Å². The first-order chi connectivity index (χ1) is 24.1. The number of rotatable bonds is 6.